The van der Waals surface area contributed by atoms with Gasteiger partial charge in [0.05, 0.1) is 0 Å². The largest absolute Gasteiger partial charge is 0.0654 e. The summed E-state index contributed by atoms with van der Waals surface area (Å²) >= 11 is 0. The molecule has 0 radical (unpaired) electrons. The first-order valence-corrected chi connectivity index (χ1v) is 5.44. The van der Waals surface area contributed by atoms with Crippen LogP contribution in [0.3, 0.4) is 0 Å². The van der Waals surface area contributed by atoms with Gasteiger partial charge in [-0.05, 0) is 36.0 Å². The highest BCUT2D eigenvalue weighted by Crippen LogP contribution is 2.58. The molecular formula is C12H24. The molecule has 0 N–H and O–H groups in total. The summed E-state index contributed by atoms with van der Waals surface area (Å²) in [5.74, 6) is 0.944. The molecule has 0 aromatic carbocycles. The van der Waals surface area contributed by atoms with Crippen molar-refractivity contribution in [2.45, 2.75) is 60.3 Å². The molecule has 0 aromatic rings. The van der Waals surface area contributed by atoms with Gasteiger partial charge in [0.15, 0.2) is 0 Å². The van der Waals surface area contributed by atoms with Gasteiger partial charge in [0.25, 0.3) is 0 Å². The molecule has 2 unspecified atom stereocenters. The van der Waals surface area contributed by atoms with E-state index in [0.717, 1.165) is 5.92 Å². The molecule has 0 heteroatoms. The Morgan fingerprint density at radius 3 is 2.25 bits per heavy atom. The van der Waals surface area contributed by atoms with Gasteiger partial charge in [0, 0.05) is 0 Å². The predicted octanol–water partition coefficient (Wildman–Crippen LogP) is 4.25. The standard InChI is InChI=1S/C12H24/c1-6-8-11(3,4)12(5)9-7-10(12)2/h10H,6-9H2,1-5H3. The summed E-state index contributed by atoms with van der Waals surface area (Å²) in [5.41, 5.74) is 1.18. The van der Waals surface area contributed by atoms with Crippen molar-refractivity contribution < 1.29 is 0 Å². The van der Waals surface area contributed by atoms with Crippen LogP contribution in [-0.2, 0) is 0 Å². The second-order valence-electron chi connectivity index (χ2n) is 5.49. The normalized spacial score (nSPS) is 36.2. The van der Waals surface area contributed by atoms with Crippen LogP contribution in [0, 0.1) is 16.7 Å². The van der Waals surface area contributed by atoms with E-state index in [9.17, 15) is 0 Å². The maximum absolute atomic E-state index is 2.48. The summed E-state index contributed by atoms with van der Waals surface area (Å²) in [6.07, 6.45) is 5.61. The van der Waals surface area contributed by atoms with Crippen molar-refractivity contribution in [1.82, 2.24) is 0 Å². The van der Waals surface area contributed by atoms with E-state index in [0.29, 0.717) is 10.8 Å². The van der Waals surface area contributed by atoms with Gasteiger partial charge < -0.3 is 0 Å². The average molecular weight is 168 g/mol. The van der Waals surface area contributed by atoms with E-state index in [-0.39, 0.29) is 0 Å². The maximum Gasteiger partial charge on any atom is -0.0249 e. The zero-order chi connectivity index (χ0) is 9.41. The molecule has 0 aromatic heterocycles. The van der Waals surface area contributed by atoms with Gasteiger partial charge in [-0.2, -0.15) is 0 Å². The Morgan fingerprint density at radius 2 is 2.00 bits per heavy atom. The third-order valence-electron chi connectivity index (χ3n) is 4.61. The van der Waals surface area contributed by atoms with Crippen LogP contribution in [0.2, 0.25) is 0 Å². The fourth-order valence-electron chi connectivity index (χ4n) is 2.78. The van der Waals surface area contributed by atoms with Crippen molar-refractivity contribution in [2.24, 2.45) is 16.7 Å². The number of hydrogen-bond donors (Lipinski definition) is 0. The van der Waals surface area contributed by atoms with E-state index in [1.165, 1.54) is 25.7 Å². The molecule has 0 heterocycles. The van der Waals surface area contributed by atoms with Crippen LogP contribution in [0.25, 0.3) is 0 Å². The summed E-state index contributed by atoms with van der Waals surface area (Å²) in [6.45, 7) is 12.1. The summed E-state index contributed by atoms with van der Waals surface area (Å²) in [6, 6.07) is 0. The number of hydrogen-bond acceptors (Lipinski definition) is 0. The summed E-state index contributed by atoms with van der Waals surface area (Å²) in [7, 11) is 0. The lowest BCUT2D eigenvalue weighted by Gasteiger charge is -2.56. The van der Waals surface area contributed by atoms with Crippen LogP contribution in [-0.4, -0.2) is 0 Å². The van der Waals surface area contributed by atoms with Gasteiger partial charge in [0.1, 0.15) is 0 Å². The van der Waals surface area contributed by atoms with Crippen LogP contribution < -0.4 is 0 Å². The lowest BCUT2D eigenvalue weighted by Crippen LogP contribution is -2.47. The van der Waals surface area contributed by atoms with Gasteiger partial charge in [-0.3, -0.25) is 0 Å². The lowest BCUT2D eigenvalue weighted by molar-refractivity contribution is -0.0623. The Labute approximate surface area is 77.7 Å². The Balaban J connectivity index is 2.66. The quantitative estimate of drug-likeness (QED) is 0.591. The molecule has 12 heavy (non-hydrogen) atoms. The molecular weight excluding hydrogens is 144 g/mol. The van der Waals surface area contributed by atoms with Crippen LogP contribution in [0.4, 0.5) is 0 Å². The lowest BCUT2D eigenvalue weighted by atomic mass is 9.49. The van der Waals surface area contributed by atoms with Crippen molar-refractivity contribution in [3.8, 4) is 0 Å². The minimum absolute atomic E-state index is 0.555. The fraction of sp³-hybridized carbons (Fsp3) is 1.00. The highest BCUT2D eigenvalue weighted by Gasteiger charge is 2.49. The Hall–Kier alpha value is 0. The molecule has 0 nitrogen and oxygen atoms in total. The van der Waals surface area contributed by atoms with Crippen molar-refractivity contribution >= 4 is 0 Å². The van der Waals surface area contributed by atoms with Crippen LogP contribution in [0.15, 0.2) is 0 Å². The summed E-state index contributed by atoms with van der Waals surface area (Å²) < 4.78 is 0. The SMILES string of the molecule is CCCC(C)(C)C1(C)CCC1C. The molecule has 1 aliphatic carbocycles. The third kappa shape index (κ3) is 1.30. The number of rotatable bonds is 3. The second-order valence-corrected chi connectivity index (χ2v) is 5.49. The molecule has 1 fully saturated rings. The van der Waals surface area contributed by atoms with Crippen molar-refractivity contribution in [1.29, 1.82) is 0 Å². The first-order valence-electron chi connectivity index (χ1n) is 5.44. The molecule has 0 amide bonds. The zero-order valence-corrected chi connectivity index (χ0v) is 9.41. The Morgan fingerprint density at radius 1 is 1.42 bits per heavy atom. The van der Waals surface area contributed by atoms with E-state index in [1.54, 1.807) is 0 Å². The van der Waals surface area contributed by atoms with E-state index in [1.807, 2.05) is 0 Å². The molecule has 1 saturated carbocycles. The van der Waals surface area contributed by atoms with Crippen molar-refractivity contribution in [2.75, 3.05) is 0 Å². The van der Waals surface area contributed by atoms with Crippen LogP contribution in [0.1, 0.15) is 60.3 Å². The Kier molecular flexibility index (Phi) is 2.56. The van der Waals surface area contributed by atoms with Crippen LogP contribution in [0.5, 0.6) is 0 Å². The van der Waals surface area contributed by atoms with Crippen molar-refractivity contribution in [3.05, 3.63) is 0 Å². The monoisotopic (exact) mass is 168 g/mol. The summed E-state index contributed by atoms with van der Waals surface area (Å²) in [5, 5.41) is 0. The molecule has 1 rings (SSSR count). The summed E-state index contributed by atoms with van der Waals surface area (Å²) in [4.78, 5) is 0. The van der Waals surface area contributed by atoms with Crippen LogP contribution >= 0.6 is 0 Å². The van der Waals surface area contributed by atoms with E-state index < -0.39 is 0 Å². The molecule has 72 valence electrons. The van der Waals surface area contributed by atoms with Gasteiger partial charge >= 0.3 is 0 Å². The minimum Gasteiger partial charge on any atom is -0.0654 e. The van der Waals surface area contributed by atoms with Gasteiger partial charge in [-0.25, -0.2) is 0 Å². The third-order valence-corrected chi connectivity index (χ3v) is 4.61. The molecule has 1 aliphatic rings. The Bertz CT molecular complexity index is 157. The van der Waals surface area contributed by atoms with Gasteiger partial charge in [-0.15, -0.1) is 0 Å². The van der Waals surface area contributed by atoms with E-state index in [4.69, 9.17) is 0 Å². The van der Waals surface area contributed by atoms with Crippen molar-refractivity contribution in [3.63, 3.8) is 0 Å². The smallest absolute Gasteiger partial charge is 0.0249 e. The molecule has 0 aliphatic heterocycles. The molecule has 0 spiro atoms. The second kappa shape index (κ2) is 3.05. The maximum atomic E-state index is 2.48. The molecule has 2 atom stereocenters. The topological polar surface area (TPSA) is 0 Å². The first-order chi connectivity index (χ1) is 5.44. The van der Waals surface area contributed by atoms with E-state index in [2.05, 4.69) is 34.6 Å². The first kappa shape index (κ1) is 10.1. The average Bonchev–Trinajstić information content (AvgIpc) is 2.00. The minimum atomic E-state index is 0.555. The highest BCUT2D eigenvalue weighted by atomic mass is 14.5. The van der Waals surface area contributed by atoms with Gasteiger partial charge in [-0.1, -0.05) is 41.0 Å². The fourth-order valence-corrected chi connectivity index (χ4v) is 2.78. The van der Waals surface area contributed by atoms with Gasteiger partial charge in [0.2, 0.25) is 0 Å². The predicted molar refractivity (Wildman–Crippen MR) is 55.2 cm³/mol. The van der Waals surface area contributed by atoms with E-state index >= 15 is 0 Å². The highest BCUT2D eigenvalue weighted by molar-refractivity contribution is 4.99. The molecule has 0 bridgehead atoms. The molecule has 0 saturated heterocycles. The zero-order valence-electron chi connectivity index (χ0n) is 9.41.